The van der Waals surface area contributed by atoms with E-state index in [1.54, 1.807) is 25.4 Å². The maximum Gasteiger partial charge on any atom is 0.508 e. The molecular weight excluding hydrogens is 476 g/mol. The molecule has 0 radical (unpaired) electrons. The Morgan fingerprint density at radius 1 is 1.24 bits per heavy atom. The predicted octanol–water partition coefficient (Wildman–Crippen LogP) is 5.67. The number of carbonyl (C=O) groups is 1. The second-order valence-electron chi connectivity index (χ2n) is 7.97. The van der Waals surface area contributed by atoms with E-state index in [4.69, 9.17) is 35.8 Å². The summed E-state index contributed by atoms with van der Waals surface area (Å²) in [5, 5.41) is 5.07. The fourth-order valence-corrected chi connectivity index (χ4v) is 5.12. The van der Waals surface area contributed by atoms with Crippen LogP contribution in [0.4, 0.5) is 16.6 Å². The summed E-state index contributed by atoms with van der Waals surface area (Å²) in [6.45, 7) is 6.19. The van der Waals surface area contributed by atoms with Crippen molar-refractivity contribution in [1.82, 2.24) is 9.97 Å². The van der Waals surface area contributed by atoms with Gasteiger partial charge in [0.1, 0.15) is 22.5 Å². The zero-order chi connectivity index (χ0) is 24.1. The summed E-state index contributed by atoms with van der Waals surface area (Å²) in [5.41, 5.74) is 1.03. The maximum absolute atomic E-state index is 11.6. The Bertz CT molecular complexity index is 1150. The molecule has 0 saturated carbocycles. The van der Waals surface area contributed by atoms with Gasteiger partial charge in [-0.2, -0.15) is 4.98 Å². The number of fused-ring (bicyclic) bond motifs is 1. The zero-order valence-electron chi connectivity index (χ0n) is 19.6. The topological polar surface area (TPSA) is 85.8 Å². The first-order valence-corrected chi connectivity index (χ1v) is 12.6. The fraction of sp³-hybridized carbons (Fsp3) is 0.458. The lowest BCUT2D eigenvalue weighted by Gasteiger charge is -2.31. The van der Waals surface area contributed by atoms with Crippen LogP contribution in [-0.4, -0.2) is 49.0 Å². The van der Waals surface area contributed by atoms with E-state index in [1.165, 1.54) is 4.88 Å². The quantitative estimate of drug-likeness (QED) is 0.393. The average molecular weight is 505 g/mol. The highest BCUT2D eigenvalue weighted by Crippen LogP contribution is 2.33. The molecule has 10 heteroatoms. The number of nitrogens with one attached hydrogen (secondary N) is 1. The molecular formula is C24H29ClN4O4S. The first-order chi connectivity index (χ1) is 16.5. The van der Waals surface area contributed by atoms with Crippen LogP contribution < -0.4 is 15.0 Å². The first kappa shape index (κ1) is 24.3. The lowest BCUT2D eigenvalue weighted by molar-refractivity contribution is 0.0183. The number of ether oxygens (including phenoxy) is 3. The number of nitrogens with zero attached hydrogens (tertiary/aromatic N) is 3. The van der Waals surface area contributed by atoms with Crippen molar-refractivity contribution in [2.45, 2.75) is 45.8 Å². The van der Waals surface area contributed by atoms with E-state index in [1.807, 2.05) is 18.2 Å². The van der Waals surface area contributed by atoms with Gasteiger partial charge in [-0.3, -0.25) is 0 Å². The summed E-state index contributed by atoms with van der Waals surface area (Å²) in [4.78, 5) is 25.7. The molecule has 182 valence electrons. The van der Waals surface area contributed by atoms with Crippen LogP contribution in [0, 0.1) is 0 Å². The highest BCUT2D eigenvalue weighted by molar-refractivity contribution is 7.18. The Labute approximate surface area is 208 Å². The molecule has 3 heterocycles. The second kappa shape index (κ2) is 11.1. The number of anilines is 2. The molecule has 0 amide bonds. The molecule has 1 saturated heterocycles. The summed E-state index contributed by atoms with van der Waals surface area (Å²) in [5.74, 6) is 2.13. The van der Waals surface area contributed by atoms with Gasteiger partial charge in [-0.15, -0.1) is 11.3 Å². The van der Waals surface area contributed by atoms with Gasteiger partial charge in [-0.1, -0.05) is 24.6 Å². The molecule has 1 fully saturated rings. The van der Waals surface area contributed by atoms with E-state index < -0.39 is 6.16 Å². The Kier molecular flexibility index (Phi) is 7.95. The molecule has 0 spiro atoms. The highest BCUT2D eigenvalue weighted by Gasteiger charge is 2.25. The number of methoxy groups -OCH3 is 1. The number of halogens is 1. The van der Waals surface area contributed by atoms with Gasteiger partial charge < -0.3 is 24.4 Å². The molecule has 1 aliphatic heterocycles. The molecule has 1 N–H and O–H groups in total. The molecule has 3 aromatic rings. The van der Waals surface area contributed by atoms with Crippen LogP contribution in [0.3, 0.4) is 0 Å². The van der Waals surface area contributed by atoms with Crippen molar-refractivity contribution in [1.29, 1.82) is 0 Å². The Hall–Kier alpha value is -2.78. The highest BCUT2D eigenvalue weighted by atomic mass is 35.5. The molecule has 1 aliphatic rings. The molecule has 8 nitrogen and oxygen atoms in total. The van der Waals surface area contributed by atoms with E-state index in [0.717, 1.165) is 28.0 Å². The molecule has 34 heavy (non-hydrogen) atoms. The van der Waals surface area contributed by atoms with E-state index in [-0.39, 0.29) is 6.10 Å². The van der Waals surface area contributed by atoms with Crippen molar-refractivity contribution in [3.63, 3.8) is 0 Å². The minimum atomic E-state index is -0.602. The summed E-state index contributed by atoms with van der Waals surface area (Å²) in [7, 11) is 1.60. The van der Waals surface area contributed by atoms with E-state index in [2.05, 4.69) is 23.2 Å². The maximum atomic E-state index is 11.6. The molecule has 1 aromatic carbocycles. The Balaban J connectivity index is 1.51. The van der Waals surface area contributed by atoms with Gasteiger partial charge in [-0.05, 0) is 37.1 Å². The van der Waals surface area contributed by atoms with Crippen LogP contribution in [0.15, 0.2) is 24.3 Å². The Morgan fingerprint density at radius 2 is 2.03 bits per heavy atom. The number of hydrogen-bond donors (Lipinski definition) is 1. The third-order valence-electron chi connectivity index (χ3n) is 5.71. The van der Waals surface area contributed by atoms with Gasteiger partial charge in [0, 0.05) is 37.4 Å². The number of rotatable bonds is 8. The minimum absolute atomic E-state index is 0.148. The number of hydrogen-bond acceptors (Lipinski definition) is 9. The first-order valence-electron chi connectivity index (χ1n) is 11.5. The summed E-state index contributed by atoms with van der Waals surface area (Å²) in [6.07, 6.45) is 1.61. The van der Waals surface area contributed by atoms with Gasteiger partial charge in [-0.25, -0.2) is 9.78 Å². The van der Waals surface area contributed by atoms with Crippen molar-refractivity contribution in [2.75, 3.05) is 37.0 Å². The molecule has 2 aromatic heterocycles. The molecule has 0 aliphatic carbocycles. The minimum Gasteiger partial charge on any atom is -0.495 e. The number of thiophene rings is 1. The predicted molar refractivity (Wildman–Crippen MR) is 135 cm³/mol. The summed E-state index contributed by atoms with van der Waals surface area (Å²) >= 11 is 7.99. The van der Waals surface area contributed by atoms with Crippen molar-refractivity contribution < 1.29 is 19.0 Å². The zero-order valence-corrected chi connectivity index (χ0v) is 21.2. The lowest BCUT2D eigenvalue weighted by Crippen LogP contribution is -2.39. The van der Waals surface area contributed by atoms with Crippen molar-refractivity contribution >= 4 is 51.1 Å². The van der Waals surface area contributed by atoms with Crippen LogP contribution >= 0.6 is 22.9 Å². The molecule has 0 unspecified atom stereocenters. The van der Waals surface area contributed by atoms with Crippen molar-refractivity contribution in [3.8, 4) is 5.75 Å². The van der Waals surface area contributed by atoms with E-state index in [0.29, 0.717) is 55.8 Å². The third kappa shape index (κ3) is 5.64. The number of aromatic nitrogens is 2. The van der Waals surface area contributed by atoms with Gasteiger partial charge in [0.2, 0.25) is 5.95 Å². The number of aryl methyl sites for hydroxylation is 1. The standard InChI is InChI=1S/C24H29ClN4O4S/c1-4-17-13-18-21(26-14-15-6-7-20(31-3)19(25)12-15)27-23(28-22(18)34-17)29-10-8-16(9-11-29)33-24(30)32-5-2/h6-7,12-13,16H,4-5,8-11,14H2,1-3H3,(H,26,27,28). The van der Waals surface area contributed by atoms with Gasteiger partial charge in [0.25, 0.3) is 0 Å². The number of benzene rings is 1. The smallest absolute Gasteiger partial charge is 0.495 e. The van der Waals surface area contributed by atoms with Crippen LogP contribution in [0.25, 0.3) is 10.2 Å². The normalized spacial score (nSPS) is 14.3. The molecule has 4 rings (SSSR count). The molecule has 0 bridgehead atoms. The lowest BCUT2D eigenvalue weighted by atomic mass is 10.1. The van der Waals surface area contributed by atoms with E-state index >= 15 is 0 Å². The number of carbonyl (C=O) groups excluding carboxylic acids is 1. The Morgan fingerprint density at radius 3 is 2.71 bits per heavy atom. The van der Waals surface area contributed by atoms with E-state index in [9.17, 15) is 4.79 Å². The summed E-state index contributed by atoms with van der Waals surface area (Å²) in [6, 6.07) is 7.90. The summed E-state index contributed by atoms with van der Waals surface area (Å²) < 4.78 is 15.5. The van der Waals surface area contributed by atoms with Crippen LogP contribution in [0.2, 0.25) is 5.02 Å². The second-order valence-corrected chi connectivity index (χ2v) is 9.49. The third-order valence-corrected chi connectivity index (χ3v) is 7.18. The molecule has 0 atom stereocenters. The van der Waals surface area contributed by atoms with Crippen LogP contribution in [0.5, 0.6) is 5.75 Å². The van der Waals surface area contributed by atoms with Crippen LogP contribution in [-0.2, 0) is 22.4 Å². The fourth-order valence-electron chi connectivity index (χ4n) is 3.88. The number of piperidine rings is 1. The average Bonchev–Trinajstić information content (AvgIpc) is 3.27. The van der Waals surface area contributed by atoms with Gasteiger partial charge in [0.05, 0.1) is 24.1 Å². The van der Waals surface area contributed by atoms with Crippen LogP contribution in [0.1, 0.15) is 37.1 Å². The van der Waals surface area contributed by atoms with Gasteiger partial charge >= 0.3 is 6.16 Å². The SMILES string of the molecule is CCOC(=O)OC1CCN(c2nc(NCc3ccc(OC)c(Cl)c3)c3cc(CC)sc3n2)CC1. The monoisotopic (exact) mass is 504 g/mol. The largest absolute Gasteiger partial charge is 0.508 e. The van der Waals surface area contributed by atoms with Crippen molar-refractivity contribution in [3.05, 3.63) is 39.7 Å². The van der Waals surface area contributed by atoms with Crippen molar-refractivity contribution in [2.24, 2.45) is 0 Å². The van der Waals surface area contributed by atoms with Gasteiger partial charge in [0.15, 0.2) is 0 Å².